The number of anilines is 1. The highest BCUT2D eigenvalue weighted by Gasteiger charge is 2.52. The molecule has 0 spiro atoms. The lowest BCUT2D eigenvalue weighted by Crippen LogP contribution is -2.56. The Morgan fingerprint density at radius 1 is 1.19 bits per heavy atom. The third-order valence-corrected chi connectivity index (χ3v) is 5.64. The van der Waals surface area contributed by atoms with Crippen LogP contribution in [0.5, 0.6) is 5.75 Å². The van der Waals surface area contributed by atoms with Gasteiger partial charge in [-0.1, -0.05) is 0 Å². The number of methoxy groups -OCH3 is 1. The van der Waals surface area contributed by atoms with Gasteiger partial charge in [-0.2, -0.15) is 0 Å². The molecule has 0 bridgehead atoms. The summed E-state index contributed by atoms with van der Waals surface area (Å²) in [5, 5.41) is 8.04. The van der Waals surface area contributed by atoms with Crippen molar-refractivity contribution in [3.05, 3.63) is 59.6 Å². The predicted molar refractivity (Wildman–Crippen MR) is 109 cm³/mol. The third kappa shape index (κ3) is 3.39. The van der Waals surface area contributed by atoms with Crippen LogP contribution in [-0.2, 0) is 5.54 Å². The van der Waals surface area contributed by atoms with Gasteiger partial charge >= 0.3 is 0 Å². The Kier molecular flexibility index (Phi) is 5.41. The van der Waals surface area contributed by atoms with E-state index in [-0.39, 0.29) is 47.1 Å². The van der Waals surface area contributed by atoms with Crippen molar-refractivity contribution in [2.24, 2.45) is 5.73 Å². The minimum absolute atomic E-state index is 0.00496. The number of halogens is 3. The van der Waals surface area contributed by atoms with Crippen LogP contribution >= 0.6 is 0 Å². The molecule has 8 nitrogen and oxygen atoms in total. The van der Waals surface area contributed by atoms with Crippen molar-refractivity contribution in [1.29, 1.82) is 0 Å². The summed E-state index contributed by atoms with van der Waals surface area (Å²) in [5.41, 5.74) is 4.18. The number of aromatic nitrogens is 4. The largest absolute Gasteiger partial charge is 0.495 e. The zero-order chi connectivity index (χ0) is 23.0. The van der Waals surface area contributed by atoms with E-state index in [0.29, 0.717) is 0 Å². The summed E-state index contributed by atoms with van der Waals surface area (Å²) in [7, 11) is 2.86. The lowest BCUT2D eigenvalue weighted by Gasteiger charge is -2.49. The van der Waals surface area contributed by atoms with Crippen molar-refractivity contribution < 1.29 is 22.7 Å². The molecule has 3 aromatic rings. The first-order valence-electron chi connectivity index (χ1n) is 9.63. The molecule has 0 radical (unpaired) electrons. The number of nitrogens with two attached hydrogens (primary N) is 1. The quantitative estimate of drug-likeness (QED) is 0.623. The van der Waals surface area contributed by atoms with Crippen LogP contribution in [0.15, 0.2) is 36.7 Å². The van der Waals surface area contributed by atoms with E-state index < -0.39 is 29.3 Å². The fourth-order valence-electron chi connectivity index (χ4n) is 3.96. The van der Waals surface area contributed by atoms with Gasteiger partial charge in [0.25, 0.3) is 5.91 Å². The summed E-state index contributed by atoms with van der Waals surface area (Å²) >= 11 is 0. The highest BCUT2D eigenvalue weighted by Crippen LogP contribution is 2.48. The van der Waals surface area contributed by atoms with Crippen molar-refractivity contribution >= 4 is 11.9 Å². The average Bonchev–Trinajstić information content (AvgIpc) is 2.76. The number of pyridine rings is 1. The summed E-state index contributed by atoms with van der Waals surface area (Å²) in [5.74, 6) is -2.11. The van der Waals surface area contributed by atoms with Crippen molar-refractivity contribution in [3.63, 3.8) is 0 Å². The molecule has 4 rings (SSSR count). The van der Waals surface area contributed by atoms with Crippen LogP contribution in [-0.4, -0.2) is 46.4 Å². The Labute approximate surface area is 181 Å². The van der Waals surface area contributed by atoms with Crippen LogP contribution in [0.4, 0.5) is 19.1 Å². The second-order valence-corrected chi connectivity index (χ2v) is 7.44. The highest BCUT2D eigenvalue weighted by molar-refractivity contribution is 5.98. The number of rotatable bonds is 6. The van der Waals surface area contributed by atoms with Gasteiger partial charge in [-0.15, -0.1) is 10.2 Å². The van der Waals surface area contributed by atoms with E-state index in [2.05, 4.69) is 20.2 Å². The molecule has 1 aromatic carbocycles. The maximum Gasteiger partial charge on any atom is 0.252 e. The number of benzene rings is 1. The molecule has 2 N–H and O–H groups in total. The lowest BCUT2D eigenvalue weighted by molar-refractivity contribution is 0.0859. The minimum Gasteiger partial charge on any atom is -0.495 e. The smallest absolute Gasteiger partial charge is 0.252 e. The molecule has 1 fully saturated rings. The van der Waals surface area contributed by atoms with E-state index in [4.69, 9.17) is 10.5 Å². The van der Waals surface area contributed by atoms with E-state index in [1.165, 1.54) is 42.6 Å². The SMILES string of the molecule is COc1c(C(N)=O)ccc(F)c1-c1cnc(N(C)[C@]2(c3ncccc3F)C[C@@H](F)C2)nn1. The first-order chi connectivity index (χ1) is 15.3. The predicted octanol–water partition coefficient (Wildman–Crippen LogP) is 2.78. The van der Waals surface area contributed by atoms with Gasteiger partial charge in [-0.25, -0.2) is 18.2 Å². The molecular weight excluding hydrogens is 425 g/mol. The Balaban J connectivity index is 1.73. The van der Waals surface area contributed by atoms with E-state index in [1.54, 1.807) is 7.05 Å². The minimum atomic E-state index is -1.12. The molecule has 0 atom stereocenters. The monoisotopic (exact) mass is 444 g/mol. The van der Waals surface area contributed by atoms with Gasteiger partial charge in [0.15, 0.2) is 0 Å². The van der Waals surface area contributed by atoms with E-state index in [9.17, 15) is 18.0 Å². The number of carbonyl (C=O) groups excluding carboxylic acids is 1. The topological polar surface area (TPSA) is 107 Å². The van der Waals surface area contributed by atoms with E-state index in [1.807, 2.05) is 0 Å². The molecule has 1 aliphatic rings. The van der Waals surface area contributed by atoms with Crippen LogP contribution in [0.2, 0.25) is 0 Å². The lowest BCUT2D eigenvalue weighted by atomic mass is 9.71. The van der Waals surface area contributed by atoms with Gasteiger partial charge in [0.05, 0.1) is 30.0 Å². The molecule has 1 saturated carbocycles. The molecule has 0 saturated heterocycles. The van der Waals surface area contributed by atoms with Crippen LogP contribution in [0, 0.1) is 11.6 Å². The maximum atomic E-state index is 14.6. The Hall–Kier alpha value is -3.76. The second kappa shape index (κ2) is 8.06. The number of hydrogen-bond donors (Lipinski definition) is 1. The molecule has 2 aromatic heterocycles. The fourth-order valence-corrected chi connectivity index (χ4v) is 3.96. The molecule has 32 heavy (non-hydrogen) atoms. The number of hydrogen-bond acceptors (Lipinski definition) is 7. The molecule has 1 amide bonds. The van der Waals surface area contributed by atoms with Crippen LogP contribution < -0.4 is 15.4 Å². The molecule has 0 aliphatic heterocycles. The van der Waals surface area contributed by atoms with Gasteiger partial charge in [-0.05, 0) is 24.3 Å². The first-order valence-corrected chi connectivity index (χ1v) is 9.63. The van der Waals surface area contributed by atoms with Gasteiger partial charge in [0.1, 0.15) is 34.9 Å². The first kappa shape index (κ1) is 21.5. The number of ether oxygens (including phenoxy) is 1. The van der Waals surface area contributed by atoms with E-state index >= 15 is 0 Å². The Morgan fingerprint density at radius 2 is 1.94 bits per heavy atom. The highest BCUT2D eigenvalue weighted by atomic mass is 19.1. The Morgan fingerprint density at radius 3 is 2.50 bits per heavy atom. The molecular formula is C21H19F3N6O2. The number of carbonyl (C=O) groups is 1. The van der Waals surface area contributed by atoms with Gasteiger partial charge in [0, 0.05) is 26.1 Å². The van der Waals surface area contributed by atoms with E-state index in [0.717, 1.165) is 6.07 Å². The zero-order valence-corrected chi connectivity index (χ0v) is 17.2. The standard InChI is InChI=1S/C21H19F3N6O2/c1-30(21(8-11(22)9-21)18-14(24)4-3-7-26-18)20-27-10-15(28-29-20)16-13(23)6-5-12(19(25)31)17(16)32-2/h3-7,10-11H,8-9H2,1-2H3,(H2,25,31)/t11-,21-. The van der Waals surface area contributed by atoms with Gasteiger partial charge < -0.3 is 15.4 Å². The van der Waals surface area contributed by atoms with Crippen LogP contribution in [0.1, 0.15) is 28.9 Å². The summed E-state index contributed by atoms with van der Waals surface area (Å²) < 4.78 is 48.1. The fraction of sp³-hybridized carbons (Fsp3) is 0.286. The van der Waals surface area contributed by atoms with Crippen molar-refractivity contribution in [2.45, 2.75) is 24.6 Å². The second-order valence-electron chi connectivity index (χ2n) is 7.44. The number of alkyl halides is 1. The normalized spacial score (nSPS) is 19.8. The van der Waals surface area contributed by atoms with Crippen LogP contribution in [0.25, 0.3) is 11.3 Å². The molecule has 1 aliphatic carbocycles. The summed E-state index contributed by atoms with van der Waals surface area (Å²) in [6.07, 6.45) is 1.55. The summed E-state index contributed by atoms with van der Waals surface area (Å²) in [4.78, 5) is 21.5. The molecule has 166 valence electrons. The zero-order valence-electron chi connectivity index (χ0n) is 17.2. The van der Waals surface area contributed by atoms with Crippen molar-refractivity contribution in [2.75, 3.05) is 19.1 Å². The number of nitrogens with zero attached hydrogens (tertiary/aromatic N) is 5. The molecule has 2 heterocycles. The molecule has 0 unspecified atom stereocenters. The third-order valence-electron chi connectivity index (χ3n) is 5.64. The molecule has 11 heteroatoms. The van der Waals surface area contributed by atoms with Crippen molar-refractivity contribution in [1.82, 2.24) is 20.2 Å². The average molecular weight is 444 g/mol. The summed E-state index contributed by atoms with van der Waals surface area (Å²) in [6.45, 7) is 0. The van der Waals surface area contributed by atoms with Gasteiger partial charge in [-0.3, -0.25) is 9.78 Å². The van der Waals surface area contributed by atoms with Crippen LogP contribution in [0.3, 0.4) is 0 Å². The number of primary amides is 1. The van der Waals surface area contributed by atoms with Gasteiger partial charge in [0.2, 0.25) is 5.95 Å². The maximum absolute atomic E-state index is 14.6. The summed E-state index contributed by atoms with van der Waals surface area (Å²) in [6, 6.07) is 4.98. The van der Waals surface area contributed by atoms with Crippen molar-refractivity contribution in [3.8, 4) is 17.0 Å². The Bertz CT molecular complexity index is 1170. The number of amides is 1.